The van der Waals surface area contributed by atoms with E-state index in [1.165, 1.54) is 5.56 Å². The topological polar surface area (TPSA) is 30.5 Å². The lowest BCUT2D eigenvalue weighted by Gasteiger charge is -2.08. The molecule has 0 amide bonds. The maximum atomic E-state index is 5.40. The molecular weight excluding hydrogens is 202 g/mol. The van der Waals surface area contributed by atoms with Crippen LogP contribution >= 0.6 is 0 Å². The van der Waals surface area contributed by atoms with Crippen molar-refractivity contribution >= 4 is 5.69 Å². The standard InChI is InChI=1S/C13H21NO2/c1-3-15-9-10-16-8-7-14-13-6-4-5-12(2)11-13/h4-6,11,14H,3,7-10H2,1-2H3. The van der Waals surface area contributed by atoms with Crippen molar-refractivity contribution in [2.24, 2.45) is 0 Å². The van der Waals surface area contributed by atoms with Crippen LogP contribution in [0.5, 0.6) is 0 Å². The third kappa shape index (κ3) is 5.73. The quantitative estimate of drug-likeness (QED) is 0.687. The Bertz CT molecular complexity index is 289. The fourth-order valence-electron chi connectivity index (χ4n) is 1.39. The molecule has 0 radical (unpaired) electrons. The van der Waals surface area contributed by atoms with Crippen molar-refractivity contribution in [3.05, 3.63) is 29.8 Å². The Balaban J connectivity index is 2.03. The van der Waals surface area contributed by atoms with Crippen molar-refractivity contribution in [2.75, 3.05) is 38.3 Å². The predicted octanol–water partition coefficient (Wildman–Crippen LogP) is 2.46. The van der Waals surface area contributed by atoms with Gasteiger partial charge in [-0.2, -0.15) is 0 Å². The molecule has 90 valence electrons. The van der Waals surface area contributed by atoms with Crippen LogP contribution in [0.25, 0.3) is 0 Å². The highest BCUT2D eigenvalue weighted by Gasteiger charge is 1.92. The van der Waals surface area contributed by atoms with E-state index in [2.05, 4.69) is 30.4 Å². The van der Waals surface area contributed by atoms with Crippen molar-refractivity contribution in [2.45, 2.75) is 13.8 Å². The summed E-state index contributed by atoms with van der Waals surface area (Å²) in [4.78, 5) is 0. The van der Waals surface area contributed by atoms with E-state index in [0.717, 1.165) is 18.8 Å². The molecule has 1 N–H and O–H groups in total. The maximum absolute atomic E-state index is 5.40. The van der Waals surface area contributed by atoms with Gasteiger partial charge in [-0.3, -0.25) is 0 Å². The van der Waals surface area contributed by atoms with Gasteiger partial charge in [0.2, 0.25) is 0 Å². The number of aryl methyl sites for hydroxylation is 1. The number of hydrogen-bond acceptors (Lipinski definition) is 3. The zero-order chi connectivity index (χ0) is 11.6. The van der Waals surface area contributed by atoms with Crippen molar-refractivity contribution in [3.63, 3.8) is 0 Å². The van der Waals surface area contributed by atoms with Gasteiger partial charge in [0.05, 0.1) is 19.8 Å². The van der Waals surface area contributed by atoms with Gasteiger partial charge in [-0.05, 0) is 31.5 Å². The summed E-state index contributed by atoms with van der Waals surface area (Å²) in [7, 11) is 0. The van der Waals surface area contributed by atoms with E-state index in [4.69, 9.17) is 9.47 Å². The second-order valence-corrected chi connectivity index (χ2v) is 3.61. The highest BCUT2D eigenvalue weighted by atomic mass is 16.5. The fraction of sp³-hybridized carbons (Fsp3) is 0.538. The molecule has 0 heterocycles. The second kappa shape index (κ2) is 8.13. The number of benzene rings is 1. The molecule has 1 rings (SSSR count). The zero-order valence-corrected chi connectivity index (χ0v) is 10.2. The minimum Gasteiger partial charge on any atom is -0.383 e. The van der Waals surface area contributed by atoms with E-state index < -0.39 is 0 Å². The Morgan fingerprint density at radius 1 is 1.12 bits per heavy atom. The van der Waals surface area contributed by atoms with Gasteiger partial charge in [0.1, 0.15) is 0 Å². The molecule has 1 aromatic carbocycles. The Labute approximate surface area is 97.8 Å². The van der Waals surface area contributed by atoms with Crippen LogP contribution in [0, 0.1) is 6.92 Å². The van der Waals surface area contributed by atoms with Gasteiger partial charge < -0.3 is 14.8 Å². The van der Waals surface area contributed by atoms with Gasteiger partial charge in [-0.25, -0.2) is 0 Å². The van der Waals surface area contributed by atoms with Gasteiger partial charge in [0.15, 0.2) is 0 Å². The normalized spacial score (nSPS) is 10.4. The van der Waals surface area contributed by atoms with Crippen molar-refractivity contribution < 1.29 is 9.47 Å². The fourth-order valence-corrected chi connectivity index (χ4v) is 1.39. The van der Waals surface area contributed by atoms with E-state index >= 15 is 0 Å². The average molecular weight is 223 g/mol. The number of rotatable bonds is 8. The highest BCUT2D eigenvalue weighted by Crippen LogP contribution is 2.08. The summed E-state index contributed by atoms with van der Waals surface area (Å²) in [6, 6.07) is 8.32. The zero-order valence-electron chi connectivity index (χ0n) is 10.2. The third-order valence-corrected chi connectivity index (χ3v) is 2.17. The molecule has 16 heavy (non-hydrogen) atoms. The summed E-state index contributed by atoms with van der Waals surface area (Å²) in [5.41, 5.74) is 2.41. The van der Waals surface area contributed by atoms with E-state index in [1.54, 1.807) is 0 Å². The van der Waals surface area contributed by atoms with Gasteiger partial charge in [-0.1, -0.05) is 12.1 Å². The number of hydrogen-bond donors (Lipinski definition) is 1. The third-order valence-electron chi connectivity index (χ3n) is 2.17. The first-order valence-corrected chi connectivity index (χ1v) is 5.79. The summed E-state index contributed by atoms with van der Waals surface area (Å²) < 4.78 is 10.6. The molecule has 0 unspecified atom stereocenters. The van der Waals surface area contributed by atoms with Gasteiger partial charge >= 0.3 is 0 Å². The van der Waals surface area contributed by atoms with Crippen molar-refractivity contribution in [1.82, 2.24) is 0 Å². The molecule has 3 heteroatoms. The summed E-state index contributed by atoms with van der Waals surface area (Å²) in [6.07, 6.45) is 0. The van der Waals surface area contributed by atoms with Crippen molar-refractivity contribution in [1.29, 1.82) is 0 Å². The SMILES string of the molecule is CCOCCOCCNc1cccc(C)c1. The largest absolute Gasteiger partial charge is 0.383 e. The van der Waals surface area contributed by atoms with Crippen LogP contribution in [0.3, 0.4) is 0 Å². The van der Waals surface area contributed by atoms with Crippen molar-refractivity contribution in [3.8, 4) is 0 Å². The minimum absolute atomic E-state index is 0.670. The predicted molar refractivity (Wildman–Crippen MR) is 67.0 cm³/mol. The molecule has 0 saturated heterocycles. The highest BCUT2D eigenvalue weighted by molar-refractivity contribution is 5.45. The average Bonchev–Trinajstić information content (AvgIpc) is 2.28. The summed E-state index contributed by atoms with van der Waals surface area (Å²) >= 11 is 0. The molecule has 0 atom stereocenters. The molecule has 1 aromatic rings. The number of nitrogens with one attached hydrogen (secondary N) is 1. The first kappa shape index (κ1) is 13.0. The number of ether oxygens (including phenoxy) is 2. The maximum Gasteiger partial charge on any atom is 0.0701 e. The van der Waals surface area contributed by atoms with Crippen LogP contribution in [0.4, 0.5) is 5.69 Å². The Morgan fingerprint density at radius 2 is 1.94 bits per heavy atom. The van der Waals surface area contributed by atoms with Crippen LogP contribution in [0.1, 0.15) is 12.5 Å². The molecule has 0 bridgehead atoms. The van der Waals surface area contributed by atoms with E-state index in [1.807, 2.05) is 13.0 Å². The van der Waals surface area contributed by atoms with Crippen LogP contribution in [-0.4, -0.2) is 33.0 Å². The first-order valence-electron chi connectivity index (χ1n) is 5.79. The van der Waals surface area contributed by atoms with E-state index in [0.29, 0.717) is 19.8 Å². The second-order valence-electron chi connectivity index (χ2n) is 3.61. The molecular formula is C13H21NO2. The van der Waals surface area contributed by atoms with Gasteiger partial charge in [0, 0.05) is 18.8 Å². The lowest BCUT2D eigenvalue weighted by Crippen LogP contribution is -2.12. The number of anilines is 1. The first-order chi connectivity index (χ1) is 7.83. The molecule has 0 spiro atoms. The molecule has 0 aliphatic heterocycles. The Hall–Kier alpha value is -1.06. The lowest BCUT2D eigenvalue weighted by molar-refractivity contribution is 0.0570. The Kier molecular flexibility index (Phi) is 6.61. The molecule has 0 aliphatic rings. The monoisotopic (exact) mass is 223 g/mol. The van der Waals surface area contributed by atoms with E-state index in [9.17, 15) is 0 Å². The molecule has 0 saturated carbocycles. The minimum atomic E-state index is 0.670. The van der Waals surface area contributed by atoms with Crippen LogP contribution in [0.15, 0.2) is 24.3 Å². The summed E-state index contributed by atoms with van der Waals surface area (Å²) in [6.45, 7) is 7.72. The molecule has 0 fully saturated rings. The van der Waals surface area contributed by atoms with Gasteiger partial charge in [-0.15, -0.1) is 0 Å². The molecule has 0 aliphatic carbocycles. The van der Waals surface area contributed by atoms with Gasteiger partial charge in [0.25, 0.3) is 0 Å². The van der Waals surface area contributed by atoms with Crippen LogP contribution in [0.2, 0.25) is 0 Å². The van der Waals surface area contributed by atoms with Crippen LogP contribution in [-0.2, 0) is 9.47 Å². The molecule has 0 aromatic heterocycles. The summed E-state index contributed by atoms with van der Waals surface area (Å²) in [5.74, 6) is 0. The summed E-state index contributed by atoms with van der Waals surface area (Å²) in [5, 5.41) is 3.31. The van der Waals surface area contributed by atoms with E-state index in [-0.39, 0.29) is 0 Å². The lowest BCUT2D eigenvalue weighted by atomic mass is 10.2. The van der Waals surface area contributed by atoms with Crippen LogP contribution < -0.4 is 5.32 Å². The smallest absolute Gasteiger partial charge is 0.0701 e. The Morgan fingerprint density at radius 3 is 2.69 bits per heavy atom. The molecule has 3 nitrogen and oxygen atoms in total.